The minimum absolute atomic E-state index is 0. The Balaban J connectivity index is 0.00000240. The molecule has 1 aromatic carbocycles. The average molecular weight is 414 g/mol. The van der Waals surface area contributed by atoms with Gasteiger partial charge in [0.1, 0.15) is 12.9 Å². The van der Waals surface area contributed by atoms with Crippen molar-refractivity contribution < 1.29 is 9.53 Å². The molecule has 0 unspecified atom stereocenters. The smallest absolute Gasteiger partial charge is 0.254 e. The lowest BCUT2D eigenvalue weighted by Crippen LogP contribution is -2.37. The second-order valence-electron chi connectivity index (χ2n) is 7.00. The van der Waals surface area contributed by atoms with Gasteiger partial charge in [-0.05, 0) is 42.2 Å². The van der Waals surface area contributed by atoms with Crippen LogP contribution in [0.3, 0.4) is 0 Å². The first-order valence-electron chi connectivity index (χ1n) is 9.38. The third-order valence-electron chi connectivity index (χ3n) is 5.16. The minimum Gasteiger partial charge on any atom is -0.473 e. The summed E-state index contributed by atoms with van der Waals surface area (Å²) in [5.74, 6) is 0.513. The van der Waals surface area contributed by atoms with E-state index in [4.69, 9.17) is 10.5 Å². The number of nitrogens with two attached hydrogens (primary N) is 1. The zero-order chi connectivity index (χ0) is 19.5. The van der Waals surface area contributed by atoms with Gasteiger partial charge >= 0.3 is 0 Å². The lowest BCUT2D eigenvalue weighted by Gasteiger charge is -2.28. The predicted octanol–water partition coefficient (Wildman–Crippen LogP) is 2.55. The molecular weight excluding hydrogens is 390 g/mol. The van der Waals surface area contributed by atoms with Crippen molar-refractivity contribution in [1.82, 2.24) is 14.9 Å². The van der Waals surface area contributed by atoms with Gasteiger partial charge in [-0.15, -0.1) is 12.4 Å². The lowest BCUT2D eigenvalue weighted by molar-refractivity contribution is 0.0766. The first kappa shape index (κ1) is 21.0. The van der Waals surface area contributed by atoms with Gasteiger partial charge in [0.25, 0.3) is 5.91 Å². The fourth-order valence-electron chi connectivity index (χ4n) is 3.53. The third-order valence-corrected chi connectivity index (χ3v) is 5.16. The van der Waals surface area contributed by atoms with E-state index in [0.29, 0.717) is 31.1 Å². The number of rotatable bonds is 5. The maximum absolute atomic E-state index is 13.0. The molecule has 3 heterocycles. The van der Waals surface area contributed by atoms with Crippen LogP contribution in [0.4, 0.5) is 0 Å². The third kappa shape index (κ3) is 4.63. The topological polar surface area (TPSA) is 93.7 Å². The van der Waals surface area contributed by atoms with Gasteiger partial charge in [0.2, 0.25) is 5.88 Å². The van der Waals surface area contributed by atoms with E-state index in [1.165, 1.54) is 17.5 Å². The van der Waals surface area contributed by atoms with E-state index >= 15 is 0 Å². The van der Waals surface area contributed by atoms with E-state index in [0.717, 1.165) is 36.5 Å². The van der Waals surface area contributed by atoms with Crippen LogP contribution in [0.2, 0.25) is 0 Å². The molecule has 0 atom stereocenters. The molecule has 4 rings (SSSR count). The van der Waals surface area contributed by atoms with Crippen molar-refractivity contribution in [2.75, 3.05) is 19.6 Å². The van der Waals surface area contributed by atoms with Crippen molar-refractivity contribution in [1.29, 1.82) is 0 Å². The van der Waals surface area contributed by atoms with Crippen LogP contribution in [0.15, 0.2) is 52.8 Å². The molecule has 2 aliphatic rings. The minimum atomic E-state index is 0. The molecule has 0 saturated carbocycles. The van der Waals surface area contributed by atoms with Gasteiger partial charge in [0.05, 0.1) is 12.2 Å². The number of ether oxygens (including phenoxy) is 1. The summed E-state index contributed by atoms with van der Waals surface area (Å²) < 4.78 is 5.73. The van der Waals surface area contributed by atoms with Crippen molar-refractivity contribution >= 4 is 24.0 Å². The number of halogens is 1. The molecule has 2 aromatic rings. The molecular formula is C21H24ClN5O2. The van der Waals surface area contributed by atoms with Crippen molar-refractivity contribution in [2.24, 2.45) is 10.7 Å². The number of aliphatic imine (C=N–C) groups is 1. The van der Waals surface area contributed by atoms with E-state index in [1.807, 2.05) is 36.1 Å². The van der Waals surface area contributed by atoms with Crippen molar-refractivity contribution in [2.45, 2.75) is 26.5 Å². The molecule has 0 bridgehead atoms. The Hall–Kier alpha value is -2.77. The molecule has 0 aliphatic carbocycles. The molecule has 2 N–H and O–H groups in total. The Morgan fingerprint density at radius 1 is 1.28 bits per heavy atom. The quantitative estimate of drug-likeness (QED) is 0.812. The lowest BCUT2D eigenvalue weighted by atomic mass is 9.98. The molecule has 0 fully saturated rings. The summed E-state index contributed by atoms with van der Waals surface area (Å²) in [5.41, 5.74) is 11.6. The van der Waals surface area contributed by atoms with Gasteiger partial charge in [-0.3, -0.25) is 9.79 Å². The van der Waals surface area contributed by atoms with Crippen molar-refractivity contribution in [3.8, 4) is 5.88 Å². The summed E-state index contributed by atoms with van der Waals surface area (Å²) in [6, 6.07) is 9.27. The van der Waals surface area contributed by atoms with Crippen LogP contribution in [0.1, 0.15) is 35.0 Å². The Kier molecular flexibility index (Phi) is 6.61. The summed E-state index contributed by atoms with van der Waals surface area (Å²) in [5, 5.41) is 0. The van der Waals surface area contributed by atoms with Gasteiger partial charge in [-0.1, -0.05) is 12.1 Å². The molecule has 2 aliphatic heterocycles. The number of nitrogens with zero attached hydrogens (tertiary/aromatic N) is 4. The normalized spacial score (nSPS) is 15.5. The molecule has 0 radical (unpaired) electrons. The van der Waals surface area contributed by atoms with Crippen LogP contribution in [-0.4, -0.2) is 46.1 Å². The van der Waals surface area contributed by atoms with Crippen LogP contribution >= 0.6 is 12.4 Å². The number of benzene rings is 1. The van der Waals surface area contributed by atoms with Crippen molar-refractivity contribution in [3.05, 3.63) is 64.6 Å². The molecule has 29 heavy (non-hydrogen) atoms. The summed E-state index contributed by atoms with van der Waals surface area (Å²) in [7, 11) is 0. The molecule has 1 amide bonds. The van der Waals surface area contributed by atoms with E-state index in [2.05, 4.69) is 15.0 Å². The van der Waals surface area contributed by atoms with E-state index in [1.54, 1.807) is 6.07 Å². The maximum atomic E-state index is 13.0. The fraction of sp³-hybridized carbons (Fsp3) is 0.333. The maximum Gasteiger partial charge on any atom is 0.254 e. The van der Waals surface area contributed by atoms with Gasteiger partial charge in [0, 0.05) is 37.0 Å². The molecule has 7 nitrogen and oxygen atoms in total. The number of hydrogen-bond donors (Lipinski definition) is 1. The summed E-state index contributed by atoms with van der Waals surface area (Å²) >= 11 is 0. The largest absolute Gasteiger partial charge is 0.473 e. The number of amides is 1. The Morgan fingerprint density at radius 3 is 2.97 bits per heavy atom. The Bertz CT molecular complexity index is 973. The summed E-state index contributed by atoms with van der Waals surface area (Å²) in [4.78, 5) is 27.5. The van der Waals surface area contributed by atoms with Gasteiger partial charge in [-0.25, -0.2) is 9.97 Å². The van der Waals surface area contributed by atoms with E-state index in [9.17, 15) is 4.79 Å². The predicted molar refractivity (Wildman–Crippen MR) is 113 cm³/mol. The standard InChI is InChI=1S/C21H23N5O2.ClH/c1-14-19-11-26(6-5-17(19)10-23-14)21(27)16-4-2-3-15(7-16)12-28-20-8-18(9-22)24-13-25-20;/h2-4,7-8,13H,5-6,9-12,22H2,1H3;1H. The highest BCUT2D eigenvalue weighted by atomic mass is 35.5. The second kappa shape index (κ2) is 9.15. The Morgan fingerprint density at radius 2 is 2.14 bits per heavy atom. The number of hydrogen-bond acceptors (Lipinski definition) is 6. The molecule has 0 saturated heterocycles. The van der Waals surface area contributed by atoms with E-state index in [-0.39, 0.29) is 18.3 Å². The monoisotopic (exact) mass is 413 g/mol. The zero-order valence-corrected chi connectivity index (χ0v) is 17.1. The zero-order valence-electron chi connectivity index (χ0n) is 16.3. The molecule has 1 aromatic heterocycles. The first-order chi connectivity index (χ1) is 13.6. The summed E-state index contributed by atoms with van der Waals surface area (Å²) in [6.07, 6.45) is 2.34. The van der Waals surface area contributed by atoms with Crippen LogP contribution in [0.25, 0.3) is 0 Å². The Labute approximate surface area is 176 Å². The highest BCUT2D eigenvalue weighted by Gasteiger charge is 2.27. The van der Waals surface area contributed by atoms with Crippen LogP contribution in [0.5, 0.6) is 5.88 Å². The van der Waals surface area contributed by atoms with Crippen molar-refractivity contribution in [3.63, 3.8) is 0 Å². The number of carbonyl (C=O) groups excluding carboxylic acids is 1. The van der Waals surface area contributed by atoms with Gasteiger partial charge in [-0.2, -0.15) is 0 Å². The van der Waals surface area contributed by atoms with Gasteiger partial charge < -0.3 is 15.4 Å². The first-order valence-corrected chi connectivity index (χ1v) is 9.38. The summed E-state index contributed by atoms with van der Waals surface area (Å²) in [6.45, 7) is 4.86. The van der Waals surface area contributed by atoms with Gasteiger partial charge in [0.15, 0.2) is 0 Å². The SMILES string of the molecule is CC1=NCC2=C1CN(C(=O)c1cccc(COc3cc(CN)ncn3)c1)CC2.Cl. The van der Waals surface area contributed by atoms with Crippen LogP contribution in [0, 0.1) is 0 Å². The molecule has 8 heteroatoms. The van der Waals surface area contributed by atoms with E-state index < -0.39 is 0 Å². The molecule has 0 spiro atoms. The number of aromatic nitrogens is 2. The number of carbonyl (C=O) groups is 1. The van der Waals surface area contributed by atoms with Crippen LogP contribution in [-0.2, 0) is 13.2 Å². The average Bonchev–Trinajstić information content (AvgIpc) is 3.12. The molecule has 152 valence electrons. The highest BCUT2D eigenvalue weighted by Crippen LogP contribution is 2.25. The fourth-order valence-corrected chi connectivity index (χ4v) is 3.53. The highest BCUT2D eigenvalue weighted by molar-refractivity contribution is 6.03. The van der Waals surface area contributed by atoms with Crippen LogP contribution < -0.4 is 10.5 Å². The second-order valence-corrected chi connectivity index (χ2v) is 7.00.